The predicted molar refractivity (Wildman–Crippen MR) is 94.4 cm³/mol. The molecule has 2 heteroatoms. The molecular formula is C20H26OS. The van der Waals surface area contributed by atoms with Crippen molar-refractivity contribution < 1.29 is 4.79 Å². The Morgan fingerprint density at radius 1 is 1.27 bits per heavy atom. The van der Waals surface area contributed by atoms with Gasteiger partial charge in [0.15, 0.2) is 5.78 Å². The average molecular weight is 314 g/mol. The molecule has 1 aliphatic heterocycles. The lowest BCUT2D eigenvalue weighted by molar-refractivity contribution is -0.118. The topological polar surface area (TPSA) is 17.1 Å². The molecule has 0 N–H and O–H groups in total. The van der Waals surface area contributed by atoms with Crippen molar-refractivity contribution in [2.45, 2.75) is 52.9 Å². The standard InChI is InChI=1S/C20H26OS/c1-13-4-5-15(3)22-20(13)19(21)14(2)10-18-11-16-6-7-17(12-18)9-8-16/h4,6-7,14,16-18H,8-12H2,1-3H3/t14?,16-,17+,18?. The predicted octanol–water partition coefficient (Wildman–Crippen LogP) is 5.65. The summed E-state index contributed by atoms with van der Waals surface area (Å²) in [5.41, 5.74) is 4.28. The maximum absolute atomic E-state index is 12.8. The molecule has 1 nitrogen and oxygen atoms in total. The quantitative estimate of drug-likeness (QED) is 0.492. The van der Waals surface area contributed by atoms with Crippen LogP contribution in [0.4, 0.5) is 0 Å². The first-order chi connectivity index (χ1) is 10.5. The fourth-order valence-corrected chi connectivity index (χ4v) is 5.03. The molecule has 4 aliphatic rings. The molecule has 0 saturated heterocycles. The maximum Gasteiger partial charge on any atom is 0.172 e. The van der Waals surface area contributed by atoms with Gasteiger partial charge in [-0.1, -0.05) is 30.8 Å². The highest BCUT2D eigenvalue weighted by Crippen LogP contribution is 2.41. The Kier molecular flexibility index (Phi) is 4.80. The Morgan fingerprint density at radius 3 is 2.50 bits per heavy atom. The van der Waals surface area contributed by atoms with Crippen LogP contribution in [0, 0.1) is 23.7 Å². The molecule has 0 amide bonds. The highest BCUT2D eigenvalue weighted by Gasteiger charge is 2.30. The summed E-state index contributed by atoms with van der Waals surface area (Å²) in [7, 11) is 0. The summed E-state index contributed by atoms with van der Waals surface area (Å²) in [4.78, 5) is 14.9. The lowest BCUT2D eigenvalue weighted by atomic mass is 9.85. The number of Topliss-reactive ketones (excluding diaryl/α,β-unsaturated/α-hetero) is 1. The Morgan fingerprint density at radius 2 is 1.91 bits per heavy atom. The molecular weight excluding hydrogens is 288 g/mol. The molecule has 2 unspecified atom stereocenters. The van der Waals surface area contributed by atoms with E-state index in [1.54, 1.807) is 11.8 Å². The van der Waals surface area contributed by atoms with Crippen LogP contribution in [0.1, 0.15) is 52.9 Å². The van der Waals surface area contributed by atoms with Crippen LogP contribution < -0.4 is 0 Å². The van der Waals surface area contributed by atoms with Crippen LogP contribution >= 0.6 is 11.8 Å². The second kappa shape index (κ2) is 6.64. The number of hydrogen-bond acceptors (Lipinski definition) is 2. The highest BCUT2D eigenvalue weighted by atomic mass is 32.2. The molecule has 0 aromatic rings. The van der Waals surface area contributed by atoms with Crippen LogP contribution in [-0.2, 0) is 4.79 Å². The van der Waals surface area contributed by atoms with E-state index in [0.717, 1.165) is 33.6 Å². The van der Waals surface area contributed by atoms with Crippen molar-refractivity contribution in [2.75, 3.05) is 0 Å². The summed E-state index contributed by atoms with van der Waals surface area (Å²) in [5.74, 6) is 2.73. The van der Waals surface area contributed by atoms with E-state index in [4.69, 9.17) is 0 Å². The Hall–Kier alpha value is -0.980. The molecule has 22 heavy (non-hydrogen) atoms. The first-order valence-electron chi connectivity index (χ1n) is 8.57. The number of carbonyl (C=O) groups is 1. The molecule has 0 radical (unpaired) electrons. The van der Waals surface area contributed by atoms with Gasteiger partial charge < -0.3 is 0 Å². The van der Waals surface area contributed by atoms with Gasteiger partial charge >= 0.3 is 0 Å². The molecule has 0 aromatic carbocycles. The van der Waals surface area contributed by atoms with E-state index in [1.165, 1.54) is 25.7 Å². The van der Waals surface area contributed by atoms with Gasteiger partial charge in [-0.25, -0.2) is 0 Å². The summed E-state index contributed by atoms with van der Waals surface area (Å²) >= 11 is 1.60. The number of rotatable bonds is 4. The second-order valence-corrected chi connectivity index (χ2v) is 8.50. The first-order valence-corrected chi connectivity index (χ1v) is 9.39. The lowest BCUT2D eigenvalue weighted by Crippen LogP contribution is -2.18. The minimum absolute atomic E-state index is 0.138. The summed E-state index contributed by atoms with van der Waals surface area (Å²) in [6.07, 6.45) is 13.2. The molecule has 2 bridgehead atoms. The molecule has 4 rings (SSSR count). The van der Waals surface area contributed by atoms with Crippen molar-refractivity contribution in [1.29, 1.82) is 0 Å². The molecule has 3 aliphatic carbocycles. The number of thioether (sulfide) groups is 1. The third-order valence-electron chi connectivity index (χ3n) is 5.30. The molecule has 0 spiro atoms. The van der Waals surface area contributed by atoms with Crippen LogP contribution in [0.25, 0.3) is 0 Å². The molecule has 1 fully saturated rings. The van der Waals surface area contributed by atoms with E-state index in [2.05, 4.69) is 24.8 Å². The maximum atomic E-state index is 12.8. The third-order valence-corrected chi connectivity index (χ3v) is 6.45. The van der Waals surface area contributed by atoms with E-state index < -0.39 is 0 Å². The van der Waals surface area contributed by atoms with E-state index in [9.17, 15) is 4.79 Å². The van der Waals surface area contributed by atoms with E-state index in [-0.39, 0.29) is 5.92 Å². The number of carbonyl (C=O) groups excluding carboxylic acids is 1. The van der Waals surface area contributed by atoms with Crippen molar-refractivity contribution in [3.63, 3.8) is 0 Å². The van der Waals surface area contributed by atoms with Crippen molar-refractivity contribution in [1.82, 2.24) is 0 Å². The number of allylic oxidation sites excluding steroid dienone is 5. The van der Waals surface area contributed by atoms with E-state index >= 15 is 0 Å². The number of ketones is 1. The summed E-state index contributed by atoms with van der Waals surface area (Å²) in [6, 6.07) is 0. The van der Waals surface area contributed by atoms with Gasteiger partial charge in [0.25, 0.3) is 0 Å². The van der Waals surface area contributed by atoms with Crippen molar-refractivity contribution in [2.24, 2.45) is 23.7 Å². The van der Waals surface area contributed by atoms with E-state index in [0.29, 0.717) is 11.7 Å². The third kappa shape index (κ3) is 3.50. The molecule has 4 atom stereocenters. The molecule has 0 aromatic heterocycles. The minimum Gasteiger partial charge on any atom is -0.293 e. The van der Waals surface area contributed by atoms with Gasteiger partial charge in [-0.15, -0.1) is 5.73 Å². The summed E-state index contributed by atoms with van der Waals surface area (Å²) < 4.78 is 0. The van der Waals surface area contributed by atoms with Crippen molar-refractivity contribution in [3.05, 3.63) is 39.3 Å². The van der Waals surface area contributed by atoms with Gasteiger partial charge in [-0.3, -0.25) is 4.79 Å². The second-order valence-electron chi connectivity index (χ2n) is 7.28. The van der Waals surface area contributed by atoms with Gasteiger partial charge in [0.05, 0.1) is 4.91 Å². The van der Waals surface area contributed by atoms with Crippen LogP contribution in [0.2, 0.25) is 0 Å². The summed E-state index contributed by atoms with van der Waals surface area (Å²) in [5, 5.41) is 0. The lowest BCUT2D eigenvalue weighted by Gasteiger charge is -2.22. The van der Waals surface area contributed by atoms with E-state index in [1.807, 2.05) is 19.9 Å². The smallest absolute Gasteiger partial charge is 0.172 e. The molecule has 1 heterocycles. The Bertz CT molecular complexity index is 573. The zero-order valence-corrected chi connectivity index (χ0v) is 14.7. The normalized spacial score (nSPS) is 32.0. The van der Waals surface area contributed by atoms with Crippen LogP contribution in [-0.4, -0.2) is 5.78 Å². The highest BCUT2D eigenvalue weighted by molar-refractivity contribution is 8.07. The number of fused-ring (bicyclic) bond motifs is 3. The minimum atomic E-state index is 0.138. The molecule has 1 saturated carbocycles. The molecule has 118 valence electrons. The van der Waals surface area contributed by atoms with Gasteiger partial charge in [0.1, 0.15) is 0 Å². The van der Waals surface area contributed by atoms with Gasteiger partial charge in [0, 0.05) is 10.8 Å². The number of hydrogen-bond donors (Lipinski definition) is 0. The van der Waals surface area contributed by atoms with Gasteiger partial charge in [-0.2, -0.15) is 0 Å². The first kappa shape index (κ1) is 15.9. The zero-order valence-electron chi connectivity index (χ0n) is 13.9. The van der Waals surface area contributed by atoms with Crippen molar-refractivity contribution in [3.8, 4) is 0 Å². The monoisotopic (exact) mass is 314 g/mol. The fraction of sp³-hybridized carbons (Fsp3) is 0.600. The van der Waals surface area contributed by atoms with Crippen molar-refractivity contribution >= 4 is 17.5 Å². The summed E-state index contributed by atoms with van der Waals surface area (Å²) in [6.45, 7) is 6.18. The largest absolute Gasteiger partial charge is 0.293 e. The van der Waals surface area contributed by atoms with Gasteiger partial charge in [-0.05, 0) is 75.4 Å². The zero-order chi connectivity index (χ0) is 15.7. The van der Waals surface area contributed by atoms with Gasteiger partial charge in [0.2, 0.25) is 0 Å². The SMILES string of the molecule is CC1=C=CC(C)=C(C(=O)C(C)CC2C[C@@H]3C=C[C@@H](CC3)C2)S1. The Balaban J connectivity index is 1.64. The average Bonchev–Trinajstić information content (AvgIpc) is 2.81. The van der Waals surface area contributed by atoms with Crippen LogP contribution in [0.15, 0.2) is 39.3 Å². The van der Waals surface area contributed by atoms with Crippen LogP contribution in [0.5, 0.6) is 0 Å². The fourth-order valence-electron chi connectivity index (χ4n) is 4.09. The van der Waals surface area contributed by atoms with Crippen LogP contribution in [0.3, 0.4) is 0 Å². The Labute approximate surface area is 138 Å².